The fraction of sp³-hybridized carbons (Fsp3) is 0.714. The lowest BCUT2D eigenvalue weighted by atomic mass is 10.1. The van der Waals surface area contributed by atoms with Gasteiger partial charge < -0.3 is 9.64 Å². The zero-order valence-electron chi connectivity index (χ0n) is 12.9. The Balaban J connectivity index is 1.83. The van der Waals surface area contributed by atoms with E-state index in [1.54, 1.807) is 15.8 Å². The van der Waals surface area contributed by atoms with E-state index in [1.807, 2.05) is 13.8 Å². The average Bonchev–Trinajstić information content (AvgIpc) is 3.01. The van der Waals surface area contributed by atoms with Crippen LogP contribution in [0.5, 0.6) is 0 Å². The van der Waals surface area contributed by atoms with Crippen molar-refractivity contribution in [2.45, 2.75) is 32.4 Å². The van der Waals surface area contributed by atoms with Gasteiger partial charge in [0.25, 0.3) is 5.91 Å². The van der Waals surface area contributed by atoms with Crippen molar-refractivity contribution in [1.82, 2.24) is 14.7 Å². The first-order valence-electron chi connectivity index (χ1n) is 7.52. The van der Waals surface area contributed by atoms with E-state index >= 15 is 0 Å². The molecule has 0 unspecified atom stereocenters. The number of hydrogen-bond acceptors (Lipinski definition) is 5. The maximum absolute atomic E-state index is 12.7. The summed E-state index contributed by atoms with van der Waals surface area (Å²) in [6, 6.07) is -0.121. The van der Waals surface area contributed by atoms with E-state index in [1.165, 1.54) is 0 Å². The maximum Gasteiger partial charge on any atom is 0.257 e. The molecular formula is C14H21N3O4S. The highest BCUT2D eigenvalue weighted by molar-refractivity contribution is 7.91. The third kappa shape index (κ3) is 2.77. The highest BCUT2D eigenvalue weighted by atomic mass is 32.2. The van der Waals surface area contributed by atoms with Crippen LogP contribution in [0.1, 0.15) is 35.4 Å². The summed E-state index contributed by atoms with van der Waals surface area (Å²) in [7, 11) is -2.97. The molecule has 1 aromatic rings. The van der Waals surface area contributed by atoms with E-state index < -0.39 is 9.84 Å². The Bertz CT molecular complexity index is 682. The zero-order chi connectivity index (χ0) is 15.9. The smallest absolute Gasteiger partial charge is 0.257 e. The molecule has 0 saturated carbocycles. The molecule has 2 aliphatic rings. The molecule has 3 rings (SSSR count). The summed E-state index contributed by atoms with van der Waals surface area (Å²) in [5, 5.41) is 4.28. The van der Waals surface area contributed by atoms with E-state index in [-0.39, 0.29) is 29.5 Å². The second kappa shape index (κ2) is 5.66. The summed E-state index contributed by atoms with van der Waals surface area (Å²) in [5.41, 5.74) is 1.30. The monoisotopic (exact) mass is 327 g/mol. The van der Waals surface area contributed by atoms with Gasteiger partial charge in [0.2, 0.25) is 0 Å². The Morgan fingerprint density at radius 2 is 2.23 bits per heavy atom. The van der Waals surface area contributed by atoms with E-state index in [9.17, 15) is 13.2 Å². The van der Waals surface area contributed by atoms with Gasteiger partial charge in [0.15, 0.2) is 9.84 Å². The van der Waals surface area contributed by atoms with Crippen molar-refractivity contribution in [3.8, 4) is 0 Å². The van der Waals surface area contributed by atoms with E-state index in [4.69, 9.17) is 4.74 Å². The molecule has 2 aliphatic heterocycles. The van der Waals surface area contributed by atoms with Crippen LogP contribution in [0.2, 0.25) is 0 Å². The first-order valence-corrected chi connectivity index (χ1v) is 9.34. The molecule has 3 heterocycles. The van der Waals surface area contributed by atoms with Gasteiger partial charge in [0, 0.05) is 12.2 Å². The predicted molar refractivity (Wildman–Crippen MR) is 80.6 cm³/mol. The Kier molecular flexibility index (Phi) is 3.98. The summed E-state index contributed by atoms with van der Waals surface area (Å²) in [5.74, 6) is 0.248. The minimum atomic E-state index is -2.97. The van der Waals surface area contributed by atoms with Crippen molar-refractivity contribution >= 4 is 15.7 Å². The minimum absolute atomic E-state index is 0.0378. The van der Waals surface area contributed by atoms with Crippen molar-refractivity contribution in [3.05, 3.63) is 17.5 Å². The summed E-state index contributed by atoms with van der Waals surface area (Å²) in [6.07, 6.45) is 2.12. The van der Waals surface area contributed by atoms with E-state index in [0.717, 1.165) is 5.69 Å². The molecule has 2 saturated heterocycles. The molecule has 0 aliphatic carbocycles. The van der Waals surface area contributed by atoms with Gasteiger partial charge in [0.1, 0.15) is 0 Å². The van der Waals surface area contributed by atoms with Crippen LogP contribution in [0.15, 0.2) is 6.20 Å². The molecule has 1 aromatic heterocycles. The van der Waals surface area contributed by atoms with Crippen LogP contribution in [0.25, 0.3) is 0 Å². The fourth-order valence-electron chi connectivity index (χ4n) is 3.15. The summed E-state index contributed by atoms with van der Waals surface area (Å²) in [4.78, 5) is 14.5. The molecule has 2 fully saturated rings. The van der Waals surface area contributed by atoms with Crippen LogP contribution < -0.4 is 0 Å². The molecule has 0 radical (unpaired) electrons. The van der Waals surface area contributed by atoms with Crippen LogP contribution in [-0.4, -0.2) is 66.3 Å². The van der Waals surface area contributed by atoms with Gasteiger partial charge >= 0.3 is 0 Å². The van der Waals surface area contributed by atoms with Crippen molar-refractivity contribution in [3.63, 3.8) is 0 Å². The number of morpholine rings is 1. The van der Waals surface area contributed by atoms with Crippen LogP contribution in [0.4, 0.5) is 0 Å². The molecule has 7 nitrogen and oxygen atoms in total. The average molecular weight is 327 g/mol. The second-order valence-corrected chi connectivity index (χ2v) is 8.30. The number of rotatable bonds is 2. The highest BCUT2D eigenvalue weighted by Gasteiger charge is 2.33. The molecule has 122 valence electrons. The van der Waals surface area contributed by atoms with Crippen molar-refractivity contribution < 1.29 is 17.9 Å². The Morgan fingerprint density at radius 1 is 1.45 bits per heavy atom. The Hall–Kier alpha value is -1.41. The zero-order valence-corrected chi connectivity index (χ0v) is 13.7. The molecular weight excluding hydrogens is 306 g/mol. The van der Waals surface area contributed by atoms with Gasteiger partial charge in [-0.1, -0.05) is 0 Å². The van der Waals surface area contributed by atoms with Gasteiger partial charge in [-0.3, -0.25) is 9.48 Å². The van der Waals surface area contributed by atoms with Gasteiger partial charge in [0.05, 0.1) is 48.6 Å². The number of amides is 1. The quantitative estimate of drug-likeness (QED) is 0.786. The highest BCUT2D eigenvalue weighted by Crippen LogP contribution is 2.26. The Labute approximate surface area is 130 Å². The maximum atomic E-state index is 12.7. The van der Waals surface area contributed by atoms with Crippen molar-refractivity contribution in [1.29, 1.82) is 0 Å². The number of carbonyl (C=O) groups excluding carboxylic acids is 1. The molecule has 2 atom stereocenters. The first kappa shape index (κ1) is 15.5. The van der Waals surface area contributed by atoms with Crippen molar-refractivity contribution in [2.75, 3.05) is 31.3 Å². The van der Waals surface area contributed by atoms with E-state index in [2.05, 4.69) is 5.10 Å². The molecule has 0 aromatic carbocycles. The Morgan fingerprint density at radius 3 is 2.86 bits per heavy atom. The number of ether oxygens (including phenoxy) is 1. The standard InChI is InChI=1S/C14H21N3O4S/c1-10-8-21-5-4-16(10)14(18)13-7-15-17(11(13)2)12-3-6-22(19,20)9-12/h7,10,12H,3-6,8-9H2,1-2H3/t10-,12-/m0/s1. The normalized spacial score (nSPS) is 28.0. The number of carbonyl (C=O) groups is 1. The molecule has 0 spiro atoms. The molecule has 0 N–H and O–H groups in total. The summed E-state index contributed by atoms with van der Waals surface area (Å²) in [6.45, 7) is 5.45. The van der Waals surface area contributed by atoms with Crippen LogP contribution >= 0.6 is 0 Å². The minimum Gasteiger partial charge on any atom is -0.377 e. The number of aromatic nitrogens is 2. The molecule has 8 heteroatoms. The van der Waals surface area contributed by atoms with Gasteiger partial charge in [-0.15, -0.1) is 0 Å². The second-order valence-electron chi connectivity index (χ2n) is 6.07. The van der Waals surface area contributed by atoms with Gasteiger partial charge in [-0.2, -0.15) is 5.10 Å². The summed E-state index contributed by atoms with van der Waals surface area (Å²) >= 11 is 0. The predicted octanol–water partition coefficient (Wildman–Crippen LogP) is 0.412. The van der Waals surface area contributed by atoms with Gasteiger partial charge in [-0.25, -0.2) is 8.42 Å². The van der Waals surface area contributed by atoms with Crippen LogP contribution in [0, 0.1) is 6.92 Å². The SMILES string of the molecule is Cc1c(C(=O)N2CCOC[C@@H]2C)cnn1[C@H]1CCS(=O)(=O)C1. The lowest BCUT2D eigenvalue weighted by Gasteiger charge is -2.33. The fourth-order valence-corrected chi connectivity index (χ4v) is 4.85. The third-order valence-corrected chi connectivity index (χ3v) is 6.21. The molecule has 22 heavy (non-hydrogen) atoms. The largest absolute Gasteiger partial charge is 0.377 e. The lowest BCUT2D eigenvalue weighted by Crippen LogP contribution is -2.47. The third-order valence-electron chi connectivity index (χ3n) is 4.46. The van der Waals surface area contributed by atoms with E-state index in [0.29, 0.717) is 31.7 Å². The van der Waals surface area contributed by atoms with Gasteiger partial charge in [-0.05, 0) is 20.3 Å². The number of hydrogen-bond donors (Lipinski definition) is 0. The number of nitrogens with zero attached hydrogens (tertiary/aromatic N) is 3. The molecule has 0 bridgehead atoms. The summed E-state index contributed by atoms with van der Waals surface area (Å²) < 4.78 is 30.3. The van der Waals surface area contributed by atoms with Crippen LogP contribution in [-0.2, 0) is 14.6 Å². The first-order chi connectivity index (χ1) is 10.4. The van der Waals surface area contributed by atoms with Crippen molar-refractivity contribution in [2.24, 2.45) is 0 Å². The van der Waals surface area contributed by atoms with Crippen LogP contribution in [0.3, 0.4) is 0 Å². The number of sulfone groups is 1. The molecule has 1 amide bonds. The topological polar surface area (TPSA) is 81.5 Å². The lowest BCUT2D eigenvalue weighted by molar-refractivity contribution is 0.00354.